The minimum absolute atomic E-state index is 0. The third-order valence-electron chi connectivity index (χ3n) is 11.1. The van der Waals surface area contributed by atoms with Crippen LogP contribution >= 0.6 is 11.8 Å². The van der Waals surface area contributed by atoms with Gasteiger partial charge in [0, 0.05) is 43.8 Å². The first-order valence-corrected chi connectivity index (χ1v) is 20.6. The van der Waals surface area contributed by atoms with Gasteiger partial charge in [0.25, 0.3) is 0 Å². The Morgan fingerprint density at radius 1 is 0.569 bits per heavy atom. The number of aromatic hydroxyl groups is 1. The number of pyridine rings is 2. The maximum atomic E-state index is 12.1. The molecule has 0 unspecified atom stereocenters. The molecule has 7 aromatic rings. The summed E-state index contributed by atoms with van der Waals surface area (Å²) in [5.74, 6) is 0.273. The summed E-state index contributed by atoms with van der Waals surface area (Å²) in [5.41, 5.74) is 13.9. The Kier molecular flexibility index (Phi) is 12.4. The van der Waals surface area contributed by atoms with E-state index in [-0.39, 0.29) is 43.1 Å². The van der Waals surface area contributed by atoms with Gasteiger partial charge in [0.2, 0.25) is 0 Å². The normalized spacial score (nSPS) is 12.0. The second kappa shape index (κ2) is 16.8. The molecule has 0 radical (unpaired) electrons. The third-order valence-corrected chi connectivity index (χ3v) is 12.0. The molecule has 5 aromatic carbocycles. The molecule has 7 rings (SSSR count). The molecule has 0 bridgehead atoms. The number of rotatable bonds is 8. The molecule has 58 heavy (non-hydrogen) atoms. The number of phenols is 1. The standard InChI is InChI=1S/C53H53N2OS.Pt/c1-34-17-16-18-35(2)49(34)39-30-46(55-47(31-39)44-32-42(51(3,4)5)33-45(50(44)56)52(6,7)8)38-27-37(28-43(29-38)57-48-21-14-15-26-54-48)36-22-24-41(25-23-36)53(9,10)40-19-12-11-13-20-40;/h11-28,30-33,56H,1-10H3;/q-1;. The van der Waals surface area contributed by atoms with Crippen molar-refractivity contribution < 1.29 is 26.2 Å². The van der Waals surface area contributed by atoms with Gasteiger partial charge in [0.05, 0.1) is 10.7 Å². The van der Waals surface area contributed by atoms with Gasteiger partial charge in [0.1, 0.15) is 5.75 Å². The Labute approximate surface area is 364 Å². The van der Waals surface area contributed by atoms with Crippen molar-refractivity contribution in [1.29, 1.82) is 0 Å². The van der Waals surface area contributed by atoms with Crippen molar-refractivity contribution >= 4 is 11.8 Å². The summed E-state index contributed by atoms with van der Waals surface area (Å²) >= 11 is 1.59. The van der Waals surface area contributed by atoms with Gasteiger partial charge < -0.3 is 5.11 Å². The molecule has 2 heterocycles. The SMILES string of the molecule is Cc1cccc(C)c1-c1cc(-c2[c-]c(Sc3ccccn3)cc(-c3ccc(C(C)(C)c4ccccc4)cc3)c2)nc(-c2cc(C(C)(C)C)cc(C(C)(C)C)c2O)c1.[Pt]. The van der Waals surface area contributed by atoms with Gasteiger partial charge in [-0.3, -0.25) is 4.98 Å². The molecular formula is C53H53N2OPtS-. The summed E-state index contributed by atoms with van der Waals surface area (Å²) in [5, 5.41) is 13.0. The Hall–Kier alpha value is -4.76. The van der Waals surface area contributed by atoms with E-state index in [1.807, 2.05) is 24.4 Å². The van der Waals surface area contributed by atoms with Gasteiger partial charge in [-0.05, 0) is 99.1 Å². The summed E-state index contributed by atoms with van der Waals surface area (Å²) in [6.45, 7) is 22.0. The van der Waals surface area contributed by atoms with Gasteiger partial charge in [-0.2, -0.15) is 0 Å². The Bertz CT molecular complexity index is 2530. The molecule has 0 spiro atoms. The number of aromatic nitrogens is 2. The first kappa shape index (κ1) is 42.8. The van der Waals surface area contributed by atoms with Crippen LogP contribution in [0.25, 0.3) is 44.8 Å². The average molecular weight is 961 g/mol. The summed E-state index contributed by atoms with van der Waals surface area (Å²) in [6, 6.07) is 48.8. The second-order valence-electron chi connectivity index (χ2n) is 17.8. The van der Waals surface area contributed by atoms with Crippen molar-refractivity contribution in [2.24, 2.45) is 0 Å². The van der Waals surface area contributed by atoms with E-state index in [2.05, 4.69) is 189 Å². The van der Waals surface area contributed by atoms with Crippen LogP contribution in [0.2, 0.25) is 0 Å². The molecule has 1 N–H and O–H groups in total. The van der Waals surface area contributed by atoms with E-state index in [4.69, 9.17) is 4.98 Å². The van der Waals surface area contributed by atoms with E-state index in [0.717, 1.165) is 60.3 Å². The molecule has 0 fully saturated rings. The van der Waals surface area contributed by atoms with E-state index < -0.39 is 0 Å². The van der Waals surface area contributed by atoms with Crippen molar-refractivity contribution in [1.82, 2.24) is 9.97 Å². The summed E-state index contributed by atoms with van der Waals surface area (Å²) in [7, 11) is 0. The molecule has 0 aliphatic rings. The van der Waals surface area contributed by atoms with Crippen LogP contribution in [0.5, 0.6) is 5.75 Å². The van der Waals surface area contributed by atoms with Crippen molar-refractivity contribution in [2.45, 2.75) is 95.4 Å². The van der Waals surface area contributed by atoms with Gasteiger partial charge >= 0.3 is 0 Å². The predicted molar refractivity (Wildman–Crippen MR) is 240 cm³/mol. The average Bonchev–Trinajstić information content (AvgIpc) is 3.17. The van der Waals surface area contributed by atoms with Crippen LogP contribution in [-0.4, -0.2) is 15.1 Å². The van der Waals surface area contributed by atoms with E-state index >= 15 is 0 Å². The minimum atomic E-state index is -0.279. The van der Waals surface area contributed by atoms with Gasteiger partial charge in [0.15, 0.2) is 0 Å². The molecule has 0 saturated heterocycles. The van der Waals surface area contributed by atoms with Crippen LogP contribution in [0, 0.1) is 19.9 Å². The number of hydrogen-bond acceptors (Lipinski definition) is 4. The molecule has 3 nitrogen and oxygen atoms in total. The van der Waals surface area contributed by atoms with Gasteiger partial charge in [-0.15, -0.1) is 23.8 Å². The van der Waals surface area contributed by atoms with Crippen molar-refractivity contribution in [3.05, 3.63) is 173 Å². The maximum Gasteiger partial charge on any atom is 0.128 e. The summed E-state index contributed by atoms with van der Waals surface area (Å²) in [4.78, 5) is 11.0. The fraction of sp³-hybridized carbons (Fsp3) is 0.245. The molecule has 0 aliphatic heterocycles. The molecule has 5 heteroatoms. The molecule has 0 aliphatic carbocycles. The Balaban J connectivity index is 0.00000567. The Morgan fingerprint density at radius 3 is 1.83 bits per heavy atom. The van der Waals surface area contributed by atoms with E-state index in [9.17, 15) is 5.11 Å². The van der Waals surface area contributed by atoms with Crippen LogP contribution < -0.4 is 0 Å². The van der Waals surface area contributed by atoms with Crippen molar-refractivity contribution in [2.75, 3.05) is 0 Å². The zero-order valence-electron chi connectivity index (χ0n) is 35.3. The Morgan fingerprint density at radius 2 is 1.21 bits per heavy atom. The predicted octanol–water partition coefficient (Wildman–Crippen LogP) is 14.3. The van der Waals surface area contributed by atoms with Crippen LogP contribution in [-0.2, 0) is 37.3 Å². The number of nitrogens with zero attached hydrogens (tertiary/aromatic N) is 2. The molecule has 0 saturated carbocycles. The minimum Gasteiger partial charge on any atom is -0.507 e. The molecular weight excluding hydrogens is 908 g/mol. The van der Waals surface area contributed by atoms with Crippen LogP contribution in [0.1, 0.15) is 88.8 Å². The zero-order chi connectivity index (χ0) is 40.7. The number of phenolic OH excluding ortho intramolecular Hbond substituents is 1. The third kappa shape index (κ3) is 9.10. The van der Waals surface area contributed by atoms with Crippen LogP contribution in [0.3, 0.4) is 0 Å². The first-order valence-electron chi connectivity index (χ1n) is 19.8. The van der Waals surface area contributed by atoms with E-state index in [0.29, 0.717) is 0 Å². The number of aryl methyl sites for hydroxylation is 2. The van der Waals surface area contributed by atoms with E-state index in [1.165, 1.54) is 27.8 Å². The summed E-state index contributed by atoms with van der Waals surface area (Å²) in [6.07, 6.45) is 1.83. The quantitative estimate of drug-likeness (QED) is 0.154. The van der Waals surface area contributed by atoms with Crippen LogP contribution in [0.4, 0.5) is 0 Å². The topological polar surface area (TPSA) is 46.0 Å². The van der Waals surface area contributed by atoms with E-state index in [1.54, 1.807) is 11.8 Å². The van der Waals surface area contributed by atoms with Gasteiger partial charge in [-0.25, -0.2) is 4.98 Å². The summed E-state index contributed by atoms with van der Waals surface area (Å²) < 4.78 is 0. The van der Waals surface area contributed by atoms with Crippen molar-refractivity contribution in [3.8, 4) is 50.5 Å². The molecule has 298 valence electrons. The fourth-order valence-corrected chi connectivity index (χ4v) is 8.41. The molecule has 2 aromatic heterocycles. The second-order valence-corrected chi connectivity index (χ2v) is 18.9. The number of hydrogen-bond donors (Lipinski definition) is 1. The van der Waals surface area contributed by atoms with Crippen molar-refractivity contribution in [3.63, 3.8) is 0 Å². The monoisotopic (exact) mass is 960 g/mol. The van der Waals surface area contributed by atoms with Gasteiger partial charge in [-0.1, -0.05) is 169 Å². The maximum absolute atomic E-state index is 12.1. The first-order chi connectivity index (χ1) is 27.0. The molecule has 0 amide bonds. The zero-order valence-corrected chi connectivity index (χ0v) is 38.4. The molecule has 0 atom stereocenters. The fourth-order valence-electron chi connectivity index (χ4n) is 7.58. The smallest absolute Gasteiger partial charge is 0.128 e. The number of benzene rings is 5. The van der Waals surface area contributed by atoms with Crippen LogP contribution in [0.15, 0.2) is 144 Å². The largest absolute Gasteiger partial charge is 0.507 e.